The third-order valence-corrected chi connectivity index (χ3v) is 5.89. The van der Waals surface area contributed by atoms with Crippen molar-refractivity contribution in [3.05, 3.63) is 66.6 Å². The lowest BCUT2D eigenvalue weighted by atomic mass is 10.1. The van der Waals surface area contributed by atoms with Crippen LogP contribution in [0.25, 0.3) is 0 Å². The van der Waals surface area contributed by atoms with Crippen LogP contribution in [0, 0.1) is 0 Å². The highest BCUT2D eigenvalue weighted by molar-refractivity contribution is 7.93. The van der Waals surface area contributed by atoms with Crippen LogP contribution in [0.15, 0.2) is 66.0 Å². The Kier molecular flexibility index (Phi) is 3.61. The SMILES string of the molecule is CC1c2ccccc2S(=O)(=O)N1c1ccnc(Oc2cccnc2)n1. The summed E-state index contributed by atoms with van der Waals surface area (Å²) in [6.45, 7) is 1.83. The summed E-state index contributed by atoms with van der Waals surface area (Å²) in [4.78, 5) is 12.6. The summed E-state index contributed by atoms with van der Waals surface area (Å²) in [5.74, 6) is 0.734. The molecule has 0 fully saturated rings. The molecule has 7 nitrogen and oxygen atoms in total. The second kappa shape index (κ2) is 5.82. The van der Waals surface area contributed by atoms with E-state index >= 15 is 0 Å². The first-order chi connectivity index (χ1) is 12.1. The number of pyridine rings is 1. The van der Waals surface area contributed by atoms with E-state index in [1.165, 1.54) is 16.7 Å². The molecular weight excluding hydrogens is 340 g/mol. The Morgan fingerprint density at radius 2 is 1.92 bits per heavy atom. The van der Waals surface area contributed by atoms with Crippen LogP contribution in [0.1, 0.15) is 18.5 Å². The fourth-order valence-corrected chi connectivity index (χ4v) is 4.72. The van der Waals surface area contributed by atoms with E-state index in [1.807, 2.05) is 19.1 Å². The summed E-state index contributed by atoms with van der Waals surface area (Å²) >= 11 is 0. The highest BCUT2D eigenvalue weighted by atomic mass is 32.2. The van der Waals surface area contributed by atoms with Crippen LogP contribution in [-0.4, -0.2) is 23.4 Å². The van der Waals surface area contributed by atoms with Crippen molar-refractivity contribution >= 4 is 15.8 Å². The third kappa shape index (κ3) is 2.60. The van der Waals surface area contributed by atoms with Crippen molar-refractivity contribution in [3.63, 3.8) is 0 Å². The second-order valence-corrected chi connectivity index (χ2v) is 7.29. The van der Waals surface area contributed by atoms with E-state index in [2.05, 4.69) is 15.0 Å². The molecule has 0 N–H and O–H groups in total. The Bertz CT molecular complexity index is 1020. The van der Waals surface area contributed by atoms with Gasteiger partial charge in [-0.1, -0.05) is 18.2 Å². The van der Waals surface area contributed by atoms with Gasteiger partial charge in [0.2, 0.25) is 0 Å². The Labute approximate surface area is 145 Å². The van der Waals surface area contributed by atoms with E-state index in [0.717, 1.165) is 5.56 Å². The van der Waals surface area contributed by atoms with Crippen molar-refractivity contribution in [2.24, 2.45) is 0 Å². The largest absolute Gasteiger partial charge is 0.423 e. The number of hydrogen-bond acceptors (Lipinski definition) is 6. The fraction of sp³-hybridized carbons (Fsp3) is 0.118. The van der Waals surface area contributed by atoms with Crippen LogP contribution in [-0.2, 0) is 10.0 Å². The zero-order chi connectivity index (χ0) is 17.4. The van der Waals surface area contributed by atoms with Gasteiger partial charge in [-0.15, -0.1) is 0 Å². The van der Waals surface area contributed by atoms with Crippen molar-refractivity contribution in [2.75, 3.05) is 4.31 Å². The Morgan fingerprint density at radius 1 is 1.08 bits per heavy atom. The molecule has 0 saturated heterocycles. The number of rotatable bonds is 3. The lowest BCUT2D eigenvalue weighted by Gasteiger charge is -2.21. The monoisotopic (exact) mass is 354 g/mol. The zero-order valence-corrected chi connectivity index (χ0v) is 14.1. The first kappa shape index (κ1) is 15.5. The second-order valence-electron chi connectivity index (χ2n) is 5.50. The average molecular weight is 354 g/mol. The molecule has 0 radical (unpaired) electrons. The molecule has 2 aromatic heterocycles. The summed E-state index contributed by atoms with van der Waals surface area (Å²) < 4.78 is 32.6. The molecule has 0 amide bonds. The van der Waals surface area contributed by atoms with Crippen LogP contribution < -0.4 is 9.04 Å². The normalized spacial score (nSPS) is 18.0. The first-order valence-electron chi connectivity index (χ1n) is 7.61. The molecule has 8 heteroatoms. The van der Waals surface area contributed by atoms with Crippen LogP contribution in [0.2, 0.25) is 0 Å². The van der Waals surface area contributed by atoms with Gasteiger partial charge in [-0.2, -0.15) is 4.98 Å². The van der Waals surface area contributed by atoms with Gasteiger partial charge in [0.05, 0.1) is 17.1 Å². The van der Waals surface area contributed by atoms with E-state index < -0.39 is 10.0 Å². The number of aromatic nitrogens is 3. The number of benzene rings is 1. The average Bonchev–Trinajstić information content (AvgIpc) is 2.83. The molecule has 0 saturated carbocycles. The van der Waals surface area contributed by atoms with Crippen molar-refractivity contribution < 1.29 is 13.2 Å². The minimum atomic E-state index is -3.66. The Balaban J connectivity index is 1.73. The predicted octanol–water partition coefficient (Wildman–Crippen LogP) is 2.93. The maximum atomic E-state index is 12.9. The van der Waals surface area contributed by atoms with Gasteiger partial charge in [0.15, 0.2) is 0 Å². The lowest BCUT2D eigenvalue weighted by Crippen LogP contribution is -2.27. The molecule has 1 aliphatic rings. The molecule has 4 rings (SSSR count). The van der Waals surface area contributed by atoms with Crippen LogP contribution in [0.5, 0.6) is 11.8 Å². The molecule has 0 bridgehead atoms. The minimum absolute atomic E-state index is 0.0591. The molecule has 3 heterocycles. The molecule has 1 aliphatic heterocycles. The van der Waals surface area contributed by atoms with Crippen LogP contribution in [0.3, 0.4) is 0 Å². The molecule has 3 aromatic rings. The molecule has 1 unspecified atom stereocenters. The quantitative estimate of drug-likeness (QED) is 0.719. The van der Waals surface area contributed by atoms with Gasteiger partial charge >= 0.3 is 6.01 Å². The Hall–Kier alpha value is -3.00. The number of fused-ring (bicyclic) bond motifs is 1. The summed E-state index contributed by atoms with van der Waals surface area (Å²) in [5, 5.41) is 0. The number of ether oxygens (including phenoxy) is 1. The summed E-state index contributed by atoms with van der Waals surface area (Å²) in [7, 11) is -3.66. The molecule has 0 spiro atoms. The van der Waals surface area contributed by atoms with Gasteiger partial charge in [0.25, 0.3) is 10.0 Å². The summed E-state index contributed by atoms with van der Waals surface area (Å²) in [5.41, 5.74) is 0.746. The molecule has 25 heavy (non-hydrogen) atoms. The highest BCUT2D eigenvalue weighted by Crippen LogP contribution is 2.41. The number of hydrogen-bond donors (Lipinski definition) is 0. The summed E-state index contributed by atoms with van der Waals surface area (Å²) in [6.07, 6.45) is 4.63. The van der Waals surface area contributed by atoms with Gasteiger partial charge < -0.3 is 4.74 Å². The lowest BCUT2D eigenvalue weighted by molar-refractivity contribution is 0.440. The van der Waals surface area contributed by atoms with E-state index in [1.54, 1.807) is 36.5 Å². The molecule has 0 aliphatic carbocycles. The molecular formula is C17H14N4O3S. The zero-order valence-electron chi connectivity index (χ0n) is 13.3. The number of anilines is 1. The Morgan fingerprint density at radius 3 is 2.68 bits per heavy atom. The molecule has 1 aromatic carbocycles. The number of nitrogens with zero attached hydrogens (tertiary/aromatic N) is 4. The maximum Gasteiger partial charge on any atom is 0.323 e. The predicted molar refractivity (Wildman–Crippen MR) is 90.9 cm³/mol. The van der Waals surface area contributed by atoms with Gasteiger partial charge in [0.1, 0.15) is 11.6 Å². The third-order valence-electron chi connectivity index (χ3n) is 3.95. The van der Waals surface area contributed by atoms with Crippen LogP contribution >= 0.6 is 0 Å². The molecule has 126 valence electrons. The van der Waals surface area contributed by atoms with Gasteiger partial charge in [-0.3, -0.25) is 4.98 Å². The number of sulfonamides is 1. The first-order valence-corrected chi connectivity index (χ1v) is 9.05. The van der Waals surface area contributed by atoms with Gasteiger partial charge in [0, 0.05) is 18.5 Å². The van der Waals surface area contributed by atoms with Crippen molar-refractivity contribution in [3.8, 4) is 11.8 Å². The van der Waals surface area contributed by atoms with Gasteiger partial charge in [-0.05, 0) is 30.7 Å². The van der Waals surface area contributed by atoms with Crippen molar-refractivity contribution in [1.82, 2.24) is 15.0 Å². The topological polar surface area (TPSA) is 85.3 Å². The minimum Gasteiger partial charge on any atom is -0.423 e. The van der Waals surface area contributed by atoms with Crippen molar-refractivity contribution in [2.45, 2.75) is 17.9 Å². The fourth-order valence-electron chi connectivity index (χ4n) is 2.84. The van der Waals surface area contributed by atoms with E-state index in [-0.39, 0.29) is 17.9 Å². The standard InChI is InChI=1S/C17H14N4O3S/c1-12-14-6-2-3-7-15(14)25(22,23)21(12)16-8-10-19-17(20-16)24-13-5-4-9-18-11-13/h2-12H,1H3. The van der Waals surface area contributed by atoms with E-state index in [0.29, 0.717) is 10.6 Å². The highest BCUT2D eigenvalue weighted by Gasteiger charge is 2.41. The smallest absolute Gasteiger partial charge is 0.323 e. The summed E-state index contributed by atoms with van der Waals surface area (Å²) in [6, 6.07) is 11.6. The van der Waals surface area contributed by atoms with Crippen molar-refractivity contribution in [1.29, 1.82) is 0 Å². The maximum absolute atomic E-state index is 12.9. The molecule has 1 atom stereocenters. The van der Waals surface area contributed by atoms with E-state index in [9.17, 15) is 8.42 Å². The van der Waals surface area contributed by atoms with Gasteiger partial charge in [-0.25, -0.2) is 17.7 Å². The van der Waals surface area contributed by atoms with E-state index in [4.69, 9.17) is 4.74 Å². The van der Waals surface area contributed by atoms with Crippen LogP contribution in [0.4, 0.5) is 5.82 Å².